The lowest BCUT2D eigenvalue weighted by atomic mass is 10.1. The molecule has 1 atom stereocenters. The summed E-state index contributed by atoms with van der Waals surface area (Å²) in [6.07, 6.45) is 2.97. The summed E-state index contributed by atoms with van der Waals surface area (Å²) in [6.45, 7) is 6.18. The van der Waals surface area contributed by atoms with E-state index in [4.69, 9.17) is 4.98 Å². The van der Waals surface area contributed by atoms with E-state index < -0.39 is 0 Å². The molecule has 0 fully saturated rings. The van der Waals surface area contributed by atoms with Crippen molar-refractivity contribution in [2.75, 3.05) is 11.4 Å². The number of anilines is 2. The van der Waals surface area contributed by atoms with E-state index in [9.17, 15) is 0 Å². The molecule has 2 aromatic rings. The standard InChI is InChI=1S/C17H20BrN3/c1-3-19-10-14-9-15(18)11-20-17(14)21-12(2)8-13-6-4-5-7-16(13)21/h4-7,9,11-12,19H,3,8,10H2,1-2H3. The van der Waals surface area contributed by atoms with Crippen molar-refractivity contribution in [2.45, 2.75) is 32.9 Å². The van der Waals surface area contributed by atoms with Crippen molar-refractivity contribution in [2.24, 2.45) is 0 Å². The first-order valence-electron chi connectivity index (χ1n) is 7.43. The molecule has 0 bridgehead atoms. The highest BCUT2D eigenvalue weighted by Gasteiger charge is 2.29. The van der Waals surface area contributed by atoms with Crippen molar-refractivity contribution >= 4 is 27.4 Å². The number of benzene rings is 1. The monoisotopic (exact) mass is 345 g/mol. The number of pyridine rings is 1. The minimum atomic E-state index is 0.441. The molecular formula is C17H20BrN3. The van der Waals surface area contributed by atoms with Crippen LogP contribution in [-0.4, -0.2) is 17.6 Å². The number of fused-ring (bicyclic) bond motifs is 1. The normalized spacial score (nSPS) is 17.1. The fourth-order valence-corrected chi connectivity index (χ4v) is 3.35. The number of nitrogens with zero attached hydrogens (tertiary/aromatic N) is 2. The second-order valence-corrected chi connectivity index (χ2v) is 6.38. The van der Waals surface area contributed by atoms with Gasteiger partial charge < -0.3 is 10.2 Å². The average molecular weight is 346 g/mol. The van der Waals surface area contributed by atoms with Gasteiger partial charge in [-0.1, -0.05) is 25.1 Å². The summed E-state index contributed by atoms with van der Waals surface area (Å²) in [5, 5.41) is 3.41. The van der Waals surface area contributed by atoms with Crippen molar-refractivity contribution in [3.63, 3.8) is 0 Å². The Morgan fingerprint density at radius 1 is 1.38 bits per heavy atom. The number of aromatic nitrogens is 1. The van der Waals surface area contributed by atoms with Gasteiger partial charge in [-0.3, -0.25) is 0 Å². The zero-order chi connectivity index (χ0) is 14.8. The minimum absolute atomic E-state index is 0.441. The van der Waals surface area contributed by atoms with Gasteiger partial charge >= 0.3 is 0 Å². The maximum Gasteiger partial charge on any atom is 0.137 e. The number of hydrogen-bond acceptors (Lipinski definition) is 3. The number of halogens is 1. The van der Waals surface area contributed by atoms with Crippen LogP contribution in [0.4, 0.5) is 11.5 Å². The Hall–Kier alpha value is -1.39. The van der Waals surface area contributed by atoms with Crippen LogP contribution in [0.5, 0.6) is 0 Å². The lowest BCUT2D eigenvalue weighted by molar-refractivity contribution is 0.707. The average Bonchev–Trinajstić information content (AvgIpc) is 2.81. The molecule has 1 aliphatic rings. The molecule has 21 heavy (non-hydrogen) atoms. The Balaban J connectivity index is 2.04. The van der Waals surface area contributed by atoms with Crippen molar-refractivity contribution < 1.29 is 0 Å². The highest BCUT2D eigenvalue weighted by molar-refractivity contribution is 9.10. The van der Waals surface area contributed by atoms with E-state index >= 15 is 0 Å². The number of hydrogen-bond donors (Lipinski definition) is 1. The molecule has 0 amide bonds. The van der Waals surface area contributed by atoms with Gasteiger partial charge in [-0.2, -0.15) is 0 Å². The Labute approximate surface area is 134 Å². The molecule has 0 spiro atoms. The smallest absolute Gasteiger partial charge is 0.137 e. The summed E-state index contributed by atoms with van der Waals surface area (Å²) in [7, 11) is 0. The molecule has 1 N–H and O–H groups in total. The molecule has 1 aliphatic heterocycles. The lowest BCUT2D eigenvalue weighted by Gasteiger charge is -2.26. The van der Waals surface area contributed by atoms with Gasteiger partial charge in [0.15, 0.2) is 0 Å². The van der Waals surface area contributed by atoms with E-state index in [1.807, 2.05) is 6.20 Å². The predicted molar refractivity (Wildman–Crippen MR) is 91.1 cm³/mol. The van der Waals surface area contributed by atoms with Gasteiger partial charge in [0.2, 0.25) is 0 Å². The highest BCUT2D eigenvalue weighted by atomic mass is 79.9. The fraction of sp³-hybridized carbons (Fsp3) is 0.353. The van der Waals surface area contributed by atoms with E-state index in [1.165, 1.54) is 16.8 Å². The van der Waals surface area contributed by atoms with Crippen LogP contribution in [0, 0.1) is 0 Å². The third-order valence-electron chi connectivity index (χ3n) is 3.91. The third-order valence-corrected chi connectivity index (χ3v) is 4.34. The molecule has 0 radical (unpaired) electrons. The van der Waals surface area contributed by atoms with Gasteiger partial charge in [0.05, 0.1) is 0 Å². The minimum Gasteiger partial charge on any atom is -0.323 e. The summed E-state index contributed by atoms with van der Waals surface area (Å²) in [5.41, 5.74) is 3.93. The Morgan fingerprint density at radius 2 is 2.19 bits per heavy atom. The number of nitrogens with one attached hydrogen (secondary N) is 1. The van der Waals surface area contributed by atoms with E-state index in [2.05, 4.69) is 70.3 Å². The Bertz CT molecular complexity index is 642. The van der Waals surface area contributed by atoms with Crippen LogP contribution in [0.15, 0.2) is 41.0 Å². The van der Waals surface area contributed by atoms with E-state index in [-0.39, 0.29) is 0 Å². The van der Waals surface area contributed by atoms with Gasteiger partial charge in [0.25, 0.3) is 0 Å². The van der Waals surface area contributed by atoms with Gasteiger partial charge in [-0.15, -0.1) is 0 Å². The predicted octanol–water partition coefficient (Wildman–Crippen LogP) is 4.04. The van der Waals surface area contributed by atoms with E-state index in [0.717, 1.165) is 29.8 Å². The SMILES string of the molecule is CCNCc1cc(Br)cnc1N1c2ccccc2CC1C. The topological polar surface area (TPSA) is 28.2 Å². The number of para-hydroxylation sites is 1. The van der Waals surface area contributed by atoms with Crippen LogP contribution < -0.4 is 10.2 Å². The maximum absolute atomic E-state index is 4.70. The van der Waals surface area contributed by atoms with Crippen LogP contribution in [0.1, 0.15) is 25.0 Å². The van der Waals surface area contributed by atoms with Gasteiger partial charge in [-0.05, 0) is 53.5 Å². The molecular weight excluding hydrogens is 326 g/mol. The second kappa shape index (κ2) is 6.16. The van der Waals surface area contributed by atoms with Gasteiger partial charge in [0, 0.05) is 34.5 Å². The van der Waals surface area contributed by atoms with Crippen LogP contribution in [0.25, 0.3) is 0 Å². The van der Waals surface area contributed by atoms with Crippen molar-refractivity contribution in [1.82, 2.24) is 10.3 Å². The molecule has 1 aromatic heterocycles. The third kappa shape index (κ3) is 2.83. The van der Waals surface area contributed by atoms with Crippen LogP contribution in [0.2, 0.25) is 0 Å². The van der Waals surface area contributed by atoms with Crippen LogP contribution >= 0.6 is 15.9 Å². The molecule has 2 heterocycles. The summed E-state index contributed by atoms with van der Waals surface area (Å²) < 4.78 is 1.03. The first kappa shape index (κ1) is 14.5. The molecule has 3 rings (SSSR count). The summed E-state index contributed by atoms with van der Waals surface area (Å²) in [4.78, 5) is 7.07. The largest absolute Gasteiger partial charge is 0.323 e. The molecule has 0 saturated heterocycles. The summed E-state index contributed by atoms with van der Waals surface area (Å²) >= 11 is 3.53. The van der Waals surface area contributed by atoms with Crippen molar-refractivity contribution in [1.29, 1.82) is 0 Å². The molecule has 3 nitrogen and oxygen atoms in total. The Morgan fingerprint density at radius 3 is 3.00 bits per heavy atom. The van der Waals surface area contributed by atoms with Gasteiger partial charge in [0.1, 0.15) is 5.82 Å². The summed E-state index contributed by atoms with van der Waals surface area (Å²) in [5.74, 6) is 1.07. The van der Waals surface area contributed by atoms with E-state index in [1.54, 1.807) is 0 Å². The van der Waals surface area contributed by atoms with Crippen LogP contribution in [0.3, 0.4) is 0 Å². The fourth-order valence-electron chi connectivity index (χ4n) is 2.97. The first-order chi connectivity index (χ1) is 10.2. The van der Waals surface area contributed by atoms with Crippen molar-refractivity contribution in [3.05, 3.63) is 52.1 Å². The van der Waals surface area contributed by atoms with Gasteiger partial charge in [-0.25, -0.2) is 4.98 Å². The van der Waals surface area contributed by atoms with E-state index in [0.29, 0.717) is 6.04 Å². The molecule has 4 heteroatoms. The molecule has 0 saturated carbocycles. The zero-order valence-corrected chi connectivity index (χ0v) is 14.0. The summed E-state index contributed by atoms with van der Waals surface area (Å²) in [6, 6.07) is 11.2. The molecule has 1 unspecified atom stereocenters. The Kier molecular flexibility index (Phi) is 4.27. The quantitative estimate of drug-likeness (QED) is 0.906. The maximum atomic E-state index is 4.70. The van der Waals surface area contributed by atoms with Crippen LogP contribution in [-0.2, 0) is 13.0 Å². The molecule has 1 aromatic carbocycles. The highest BCUT2D eigenvalue weighted by Crippen LogP contribution is 2.38. The lowest BCUT2D eigenvalue weighted by Crippen LogP contribution is -2.27. The second-order valence-electron chi connectivity index (χ2n) is 5.47. The zero-order valence-electron chi connectivity index (χ0n) is 12.4. The first-order valence-corrected chi connectivity index (χ1v) is 8.22. The molecule has 0 aliphatic carbocycles. The van der Waals surface area contributed by atoms with Crippen molar-refractivity contribution in [3.8, 4) is 0 Å². The molecule has 110 valence electrons. The number of rotatable bonds is 4.